The average Bonchev–Trinajstić information content (AvgIpc) is 2.95. The highest BCUT2D eigenvalue weighted by Crippen LogP contribution is 2.28. The van der Waals surface area contributed by atoms with Gasteiger partial charge in [-0.1, -0.05) is 29.8 Å². The van der Waals surface area contributed by atoms with Crippen LogP contribution in [0.15, 0.2) is 42.6 Å². The maximum atomic E-state index is 5.68. The summed E-state index contributed by atoms with van der Waals surface area (Å²) in [5.74, 6) is 1.47. The molecule has 4 nitrogen and oxygen atoms in total. The van der Waals surface area contributed by atoms with Gasteiger partial charge in [0.2, 0.25) is 0 Å². The SMILES string of the molecule is Cc1cccc(Cn2c(C3CCCOC3)nc3cccnc32)c1. The minimum Gasteiger partial charge on any atom is -0.381 e. The number of aromatic nitrogens is 3. The lowest BCUT2D eigenvalue weighted by molar-refractivity contribution is 0.0772. The fourth-order valence-electron chi connectivity index (χ4n) is 3.38. The van der Waals surface area contributed by atoms with Gasteiger partial charge in [-0.2, -0.15) is 0 Å². The summed E-state index contributed by atoms with van der Waals surface area (Å²) >= 11 is 0. The van der Waals surface area contributed by atoms with Crippen LogP contribution in [0.1, 0.15) is 35.7 Å². The van der Waals surface area contributed by atoms with E-state index in [4.69, 9.17) is 9.72 Å². The highest BCUT2D eigenvalue weighted by molar-refractivity contribution is 5.71. The summed E-state index contributed by atoms with van der Waals surface area (Å²) in [6.45, 7) is 4.56. The number of ether oxygens (including phenoxy) is 1. The van der Waals surface area contributed by atoms with Crippen LogP contribution in [-0.2, 0) is 11.3 Å². The van der Waals surface area contributed by atoms with Crippen LogP contribution >= 0.6 is 0 Å². The third-order valence-corrected chi connectivity index (χ3v) is 4.48. The van der Waals surface area contributed by atoms with E-state index in [0.29, 0.717) is 5.92 Å². The molecule has 1 saturated heterocycles. The summed E-state index contributed by atoms with van der Waals surface area (Å²) in [7, 11) is 0. The second kappa shape index (κ2) is 6.13. The summed E-state index contributed by atoms with van der Waals surface area (Å²) < 4.78 is 7.95. The van der Waals surface area contributed by atoms with Crippen LogP contribution in [0.2, 0.25) is 0 Å². The van der Waals surface area contributed by atoms with Crippen LogP contribution in [-0.4, -0.2) is 27.7 Å². The van der Waals surface area contributed by atoms with E-state index in [1.807, 2.05) is 18.3 Å². The third-order valence-electron chi connectivity index (χ3n) is 4.48. The van der Waals surface area contributed by atoms with Gasteiger partial charge in [-0.05, 0) is 37.5 Å². The van der Waals surface area contributed by atoms with Crippen LogP contribution in [0.5, 0.6) is 0 Å². The summed E-state index contributed by atoms with van der Waals surface area (Å²) in [4.78, 5) is 9.45. The first-order valence-corrected chi connectivity index (χ1v) is 8.26. The van der Waals surface area contributed by atoms with Crippen molar-refractivity contribution in [3.63, 3.8) is 0 Å². The first kappa shape index (κ1) is 14.4. The molecule has 0 amide bonds. The van der Waals surface area contributed by atoms with E-state index in [0.717, 1.165) is 49.6 Å². The molecule has 1 unspecified atom stereocenters. The number of hydrogen-bond donors (Lipinski definition) is 0. The third kappa shape index (κ3) is 2.86. The number of rotatable bonds is 3. The molecule has 1 fully saturated rings. The van der Waals surface area contributed by atoms with Crippen molar-refractivity contribution in [1.29, 1.82) is 0 Å². The molecule has 3 heterocycles. The monoisotopic (exact) mass is 307 g/mol. The first-order valence-electron chi connectivity index (χ1n) is 8.26. The van der Waals surface area contributed by atoms with Gasteiger partial charge in [0.25, 0.3) is 0 Å². The van der Waals surface area contributed by atoms with Crippen LogP contribution in [0, 0.1) is 6.92 Å². The van der Waals surface area contributed by atoms with Crippen molar-refractivity contribution in [1.82, 2.24) is 14.5 Å². The van der Waals surface area contributed by atoms with Crippen molar-refractivity contribution in [2.75, 3.05) is 13.2 Å². The molecule has 23 heavy (non-hydrogen) atoms. The molecule has 0 saturated carbocycles. The molecule has 0 spiro atoms. The summed E-state index contributed by atoms with van der Waals surface area (Å²) in [6, 6.07) is 12.6. The molecule has 4 heteroatoms. The molecule has 118 valence electrons. The molecule has 4 rings (SSSR count). The zero-order valence-corrected chi connectivity index (χ0v) is 13.4. The lowest BCUT2D eigenvalue weighted by Gasteiger charge is -2.22. The predicted molar refractivity (Wildman–Crippen MR) is 90.6 cm³/mol. The molecule has 0 radical (unpaired) electrons. The van der Waals surface area contributed by atoms with Gasteiger partial charge in [-0.3, -0.25) is 0 Å². The van der Waals surface area contributed by atoms with E-state index in [-0.39, 0.29) is 0 Å². The average molecular weight is 307 g/mol. The lowest BCUT2D eigenvalue weighted by Crippen LogP contribution is -2.20. The van der Waals surface area contributed by atoms with Gasteiger partial charge in [-0.15, -0.1) is 0 Å². The van der Waals surface area contributed by atoms with Gasteiger partial charge in [0.15, 0.2) is 5.65 Å². The number of fused-ring (bicyclic) bond motifs is 1. The molecular formula is C19H21N3O. The number of hydrogen-bond acceptors (Lipinski definition) is 3. The van der Waals surface area contributed by atoms with Gasteiger partial charge in [0, 0.05) is 18.7 Å². The Morgan fingerprint density at radius 3 is 3.04 bits per heavy atom. The number of aryl methyl sites for hydroxylation is 1. The van der Waals surface area contributed by atoms with Crippen LogP contribution < -0.4 is 0 Å². The van der Waals surface area contributed by atoms with Crippen molar-refractivity contribution >= 4 is 11.2 Å². The first-order chi connectivity index (χ1) is 11.3. The van der Waals surface area contributed by atoms with E-state index in [9.17, 15) is 0 Å². The quantitative estimate of drug-likeness (QED) is 0.741. The molecule has 0 bridgehead atoms. The Labute approximate surface area is 136 Å². The largest absolute Gasteiger partial charge is 0.381 e. The Hall–Kier alpha value is -2.20. The second-order valence-corrected chi connectivity index (χ2v) is 6.31. The maximum absolute atomic E-state index is 5.68. The van der Waals surface area contributed by atoms with E-state index < -0.39 is 0 Å². The van der Waals surface area contributed by atoms with Crippen molar-refractivity contribution < 1.29 is 4.74 Å². The Kier molecular flexibility index (Phi) is 3.83. The molecule has 3 aromatic rings. The number of imidazole rings is 1. The highest BCUT2D eigenvalue weighted by atomic mass is 16.5. The Balaban J connectivity index is 1.79. The van der Waals surface area contributed by atoms with E-state index in [2.05, 4.69) is 40.7 Å². The van der Waals surface area contributed by atoms with Crippen molar-refractivity contribution in [3.05, 3.63) is 59.5 Å². The standard InChI is InChI=1S/C19H21N3O/c1-14-5-2-6-15(11-14)12-22-18(16-7-4-10-23-13-16)21-17-8-3-9-20-19(17)22/h2-3,5-6,8-9,11,16H,4,7,10,12-13H2,1H3. The fourth-order valence-corrected chi connectivity index (χ4v) is 3.38. The minimum atomic E-state index is 0.364. The van der Waals surface area contributed by atoms with Crippen molar-refractivity contribution in [2.24, 2.45) is 0 Å². The molecule has 1 atom stereocenters. The zero-order chi connectivity index (χ0) is 15.6. The second-order valence-electron chi connectivity index (χ2n) is 6.31. The molecule has 0 N–H and O–H groups in total. The zero-order valence-electron chi connectivity index (χ0n) is 13.4. The van der Waals surface area contributed by atoms with Gasteiger partial charge in [0.1, 0.15) is 11.3 Å². The Morgan fingerprint density at radius 1 is 1.26 bits per heavy atom. The fraction of sp³-hybridized carbons (Fsp3) is 0.368. The molecule has 2 aromatic heterocycles. The van der Waals surface area contributed by atoms with Crippen LogP contribution in [0.25, 0.3) is 11.2 Å². The van der Waals surface area contributed by atoms with Crippen LogP contribution in [0.3, 0.4) is 0 Å². The molecule has 1 aliphatic rings. The molecular weight excluding hydrogens is 286 g/mol. The predicted octanol–water partition coefficient (Wildman–Crippen LogP) is 3.68. The van der Waals surface area contributed by atoms with Gasteiger partial charge in [0.05, 0.1) is 13.2 Å². The van der Waals surface area contributed by atoms with E-state index >= 15 is 0 Å². The molecule has 0 aliphatic carbocycles. The number of pyridine rings is 1. The Morgan fingerprint density at radius 2 is 2.22 bits per heavy atom. The van der Waals surface area contributed by atoms with E-state index in [1.54, 1.807) is 0 Å². The summed E-state index contributed by atoms with van der Waals surface area (Å²) in [5, 5.41) is 0. The molecule has 1 aliphatic heterocycles. The van der Waals surface area contributed by atoms with Crippen molar-refractivity contribution in [2.45, 2.75) is 32.2 Å². The van der Waals surface area contributed by atoms with Crippen molar-refractivity contribution in [3.8, 4) is 0 Å². The van der Waals surface area contributed by atoms with E-state index in [1.165, 1.54) is 11.1 Å². The highest BCUT2D eigenvalue weighted by Gasteiger charge is 2.23. The van der Waals surface area contributed by atoms with Gasteiger partial charge in [-0.25, -0.2) is 9.97 Å². The van der Waals surface area contributed by atoms with Gasteiger partial charge < -0.3 is 9.30 Å². The number of benzene rings is 1. The topological polar surface area (TPSA) is 39.9 Å². The smallest absolute Gasteiger partial charge is 0.160 e. The summed E-state index contributed by atoms with van der Waals surface area (Å²) in [6.07, 6.45) is 4.08. The maximum Gasteiger partial charge on any atom is 0.160 e. The van der Waals surface area contributed by atoms with Gasteiger partial charge >= 0.3 is 0 Å². The summed E-state index contributed by atoms with van der Waals surface area (Å²) in [5.41, 5.74) is 4.51. The van der Waals surface area contributed by atoms with Crippen LogP contribution in [0.4, 0.5) is 0 Å². The lowest BCUT2D eigenvalue weighted by atomic mass is 10.0. The normalized spacial score (nSPS) is 18.4. The number of nitrogens with zero attached hydrogens (tertiary/aromatic N) is 3. The molecule has 1 aromatic carbocycles. The minimum absolute atomic E-state index is 0.364. The Bertz CT molecular complexity index is 818.